The van der Waals surface area contributed by atoms with E-state index in [2.05, 4.69) is 17.6 Å². The van der Waals surface area contributed by atoms with Crippen molar-refractivity contribution < 1.29 is 17.6 Å². The number of hydrogen-bond acceptors (Lipinski definition) is 4. The molecule has 2 N–H and O–H groups in total. The summed E-state index contributed by atoms with van der Waals surface area (Å²) >= 11 is 0. The highest BCUT2D eigenvalue weighted by Gasteiger charge is 2.34. The minimum absolute atomic E-state index is 0. The SMILES string of the molecule is CC1NCCCC1NC(=O)C1CCCN(S(=O)(=O)c2ccc(F)cc2)C1.Cl. The molecule has 1 amide bonds. The number of hydrogen-bond donors (Lipinski definition) is 2. The lowest BCUT2D eigenvalue weighted by Crippen LogP contribution is -2.54. The van der Waals surface area contributed by atoms with Gasteiger partial charge in [-0.05, 0) is 63.4 Å². The van der Waals surface area contributed by atoms with Crippen molar-refractivity contribution in [1.29, 1.82) is 0 Å². The lowest BCUT2D eigenvalue weighted by Gasteiger charge is -2.35. The normalized spacial score (nSPS) is 26.8. The van der Waals surface area contributed by atoms with Gasteiger partial charge in [0.25, 0.3) is 0 Å². The van der Waals surface area contributed by atoms with Crippen molar-refractivity contribution in [1.82, 2.24) is 14.9 Å². The highest BCUT2D eigenvalue weighted by Crippen LogP contribution is 2.24. The van der Waals surface area contributed by atoms with E-state index in [9.17, 15) is 17.6 Å². The Labute approximate surface area is 166 Å². The van der Waals surface area contributed by atoms with E-state index in [1.54, 1.807) is 0 Å². The summed E-state index contributed by atoms with van der Waals surface area (Å²) in [4.78, 5) is 12.7. The number of benzene rings is 1. The smallest absolute Gasteiger partial charge is 0.243 e. The van der Waals surface area contributed by atoms with E-state index >= 15 is 0 Å². The summed E-state index contributed by atoms with van der Waals surface area (Å²) in [6.45, 7) is 3.56. The third-order valence-corrected chi connectivity index (χ3v) is 7.18. The van der Waals surface area contributed by atoms with Gasteiger partial charge in [-0.1, -0.05) is 0 Å². The topological polar surface area (TPSA) is 78.5 Å². The van der Waals surface area contributed by atoms with Crippen LogP contribution in [-0.2, 0) is 14.8 Å². The second kappa shape index (κ2) is 9.32. The van der Waals surface area contributed by atoms with E-state index < -0.39 is 15.8 Å². The van der Waals surface area contributed by atoms with Crippen molar-refractivity contribution in [3.05, 3.63) is 30.1 Å². The number of halogens is 2. The summed E-state index contributed by atoms with van der Waals surface area (Å²) in [5, 5.41) is 6.43. The molecule has 0 saturated carbocycles. The lowest BCUT2D eigenvalue weighted by molar-refractivity contribution is -0.127. The van der Waals surface area contributed by atoms with Crippen LogP contribution in [0.3, 0.4) is 0 Å². The van der Waals surface area contributed by atoms with Crippen molar-refractivity contribution in [3.63, 3.8) is 0 Å². The van der Waals surface area contributed by atoms with Crippen LogP contribution in [-0.4, -0.2) is 50.3 Å². The molecule has 0 aliphatic carbocycles. The van der Waals surface area contributed by atoms with E-state index in [1.807, 2.05) is 0 Å². The van der Waals surface area contributed by atoms with Crippen molar-refractivity contribution >= 4 is 28.3 Å². The van der Waals surface area contributed by atoms with Gasteiger partial charge in [0.2, 0.25) is 15.9 Å². The van der Waals surface area contributed by atoms with Gasteiger partial charge in [-0.15, -0.1) is 12.4 Å². The van der Waals surface area contributed by atoms with E-state index in [0.29, 0.717) is 19.4 Å². The molecule has 2 aliphatic rings. The van der Waals surface area contributed by atoms with Gasteiger partial charge in [0.15, 0.2) is 0 Å². The number of rotatable bonds is 4. The molecule has 1 aromatic rings. The number of amides is 1. The van der Waals surface area contributed by atoms with E-state index in [1.165, 1.54) is 16.4 Å². The zero-order chi connectivity index (χ0) is 18.7. The highest BCUT2D eigenvalue weighted by atomic mass is 35.5. The van der Waals surface area contributed by atoms with E-state index in [0.717, 1.165) is 31.5 Å². The van der Waals surface area contributed by atoms with Gasteiger partial charge in [0.1, 0.15) is 5.82 Å². The summed E-state index contributed by atoms with van der Waals surface area (Å²) in [5.74, 6) is -0.910. The van der Waals surface area contributed by atoms with Gasteiger partial charge in [-0.25, -0.2) is 12.8 Å². The fourth-order valence-corrected chi connectivity index (χ4v) is 5.20. The average Bonchev–Trinajstić information content (AvgIpc) is 2.64. The zero-order valence-corrected chi connectivity index (χ0v) is 17.0. The molecule has 152 valence electrons. The molecule has 0 aromatic heterocycles. The molecule has 2 fully saturated rings. The predicted octanol–water partition coefficient (Wildman–Crippen LogP) is 1.90. The Kier molecular flexibility index (Phi) is 7.62. The molecule has 9 heteroatoms. The summed E-state index contributed by atoms with van der Waals surface area (Å²) in [6.07, 6.45) is 3.27. The fraction of sp³-hybridized carbons (Fsp3) is 0.611. The first-order chi connectivity index (χ1) is 12.4. The van der Waals surface area contributed by atoms with Crippen LogP contribution in [0.4, 0.5) is 4.39 Å². The maximum absolute atomic E-state index is 13.1. The summed E-state index contributed by atoms with van der Waals surface area (Å²) < 4.78 is 40.0. The number of carbonyl (C=O) groups is 1. The third kappa shape index (κ3) is 5.19. The summed E-state index contributed by atoms with van der Waals surface area (Å²) in [5.41, 5.74) is 0. The molecule has 3 rings (SSSR count). The lowest BCUT2D eigenvalue weighted by atomic mass is 9.95. The number of nitrogens with zero attached hydrogens (tertiary/aromatic N) is 1. The molecule has 2 saturated heterocycles. The van der Waals surface area contributed by atoms with Crippen molar-refractivity contribution in [3.8, 4) is 0 Å². The number of piperidine rings is 2. The fourth-order valence-electron chi connectivity index (χ4n) is 3.67. The van der Waals surface area contributed by atoms with Gasteiger partial charge in [-0.2, -0.15) is 4.31 Å². The highest BCUT2D eigenvalue weighted by molar-refractivity contribution is 7.89. The molecule has 2 aliphatic heterocycles. The second-order valence-corrected chi connectivity index (χ2v) is 9.09. The Hall–Kier alpha value is -1.22. The zero-order valence-electron chi connectivity index (χ0n) is 15.4. The van der Waals surface area contributed by atoms with Crippen LogP contribution in [0, 0.1) is 11.7 Å². The Balaban J connectivity index is 0.00000261. The maximum Gasteiger partial charge on any atom is 0.243 e. The van der Waals surface area contributed by atoms with Crippen LogP contribution < -0.4 is 10.6 Å². The quantitative estimate of drug-likeness (QED) is 0.781. The molecule has 27 heavy (non-hydrogen) atoms. The van der Waals surface area contributed by atoms with Gasteiger partial charge in [0.05, 0.1) is 10.8 Å². The number of carbonyl (C=O) groups excluding carboxylic acids is 1. The molecule has 0 radical (unpaired) electrons. The first-order valence-electron chi connectivity index (χ1n) is 9.17. The monoisotopic (exact) mass is 419 g/mol. The molecular weight excluding hydrogens is 393 g/mol. The minimum atomic E-state index is -3.71. The summed E-state index contributed by atoms with van der Waals surface area (Å²) in [7, 11) is -3.71. The van der Waals surface area contributed by atoms with Crippen LogP contribution in [0.25, 0.3) is 0 Å². The van der Waals surface area contributed by atoms with Crippen molar-refractivity contribution in [2.24, 2.45) is 5.92 Å². The van der Waals surface area contributed by atoms with Crippen LogP contribution in [0.1, 0.15) is 32.6 Å². The Morgan fingerprint density at radius 1 is 1.22 bits per heavy atom. The van der Waals surface area contributed by atoms with E-state index in [4.69, 9.17) is 0 Å². The Morgan fingerprint density at radius 3 is 2.59 bits per heavy atom. The van der Waals surface area contributed by atoms with Crippen molar-refractivity contribution in [2.45, 2.75) is 49.6 Å². The van der Waals surface area contributed by atoms with Gasteiger partial charge >= 0.3 is 0 Å². The molecule has 2 heterocycles. The van der Waals surface area contributed by atoms with Crippen LogP contribution in [0.5, 0.6) is 0 Å². The third-order valence-electron chi connectivity index (χ3n) is 5.30. The molecule has 0 bridgehead atoms. The molecule has 6 nitrogen and oxygen atoms in total. The van der Waals surface area contributed by atoms with Gasteiger partial charge in [-0.3, -0.25) is 4.79 Å². The van der Waals surface area contributed by atoms with Gasteiger partial charge in [0, 0.05) is 25.2 Å². The molecule has 0 spiro atoms. The van der Waals surface area contributed by atoms with Gasteiger partial charge < -0.3 is 10.6 Å². The van der Waals surface area contributed by atoms with Crippen LogP contribution in [0.2, 0.25) is 0 Å². The first kappa shape index (κ1) is 22.1. The Bertz CT molecular complexity index is 745. The summed E-state index contributed by atoms with van der Waals surface area (Å²) in [6, 6.07) is 5.11. The minimum Gasteiger partial charge on any atom is -0.352 e. The molecule has 3 unspecified atom stereocenters. The Morgan fingerprint density at radius 2 is 1.93 bits per heavy atom. The molecular formula is C18H27ClFN3O3S. The standard InChI is InChI=1S/C18H26FN3O3S.ClH/c1-13-17(5-2-10-20-13)21-18(23)14-4-3-11-22(12-14)26(24,25)16-8-6-15(19)7-9-16;/h6-9,13-14,17,20H,2-5,10-12H2,1H3,(H,21,23);1H. The first-order valence-corrected chi connectivity index (χ1v) is 10.6. The van der Waals surface area contributed by atoms with Crippen LogP contribution in [0.15, 0.2) is 29.2 Å². The second-order valence-electron chi connectivity index (χ2n) is 7.16. The predicted molar refractivity (Wildman–Crippen MR) is 104 cm³/mol. The van der Waals surface area contributed by atoms with Crippen LogP contribution >= 0.6 is 12.4 Å². The largest absolute Gasteiger partial charge is 0.352 e. The average molecular weight is 420 g/mol. The van der Waals surface area contributed by atoms with Crippen molar-refractivity contribution in [2.75, 3.05) is 19.6 Å². The van der Waals surface area contributed by atoms with E-state index in [-0.39, 0.29) is 47.8 Å². The number of nitrogens with one attached hydrogen (secondary N) is 2. The maximum atomic E-state index is 13.1. The number of sulfonamides is 1. The molecule has 3 atom stereocenters. The molecule has 1 aromatic carbocycles.